The van der Waals surface area contributed by atoms with Crippen molar-refractivity contribution in [2.45, 2.75) is 5.03 Å². The van der Waals surface area contributed by atoms with Gasteiger partial charge in [-0.3, -0.25) is 14.2 Å². The van der Waals surface area contributed by atoms with Crippen LogP contribution in [-0.4, -0.2) is 35.3 Å². The topological polar surface area (TPSA) is 70.4 Å². The first-order valence-electron chi connectivity index (χ1n) is 8.25. The van der Waals surface area contributed by atoms with Gasteiger partial charge in [-0.1, -0.05) is 27.7 Å². The molecule has 0 fully saturated rings. The summed E-state index contributed by atoms with van der Waals surface area (Å²) in [6.07, 6.45) is 3.15. The van der Waals surface area contributed by atoms with E-state index in [1.807, 2.05) is 24.3 Å². The van der Waals surface area contributed by atoms with Crippen LogP contribution >= 0.6 is 27.7 Å². The second-order valence-electron chi connectivity index (χ2n) is 5.67. The zero-order valence-electron chi connectivity index (χ0n) is 15.2. The molecule has 0 aliphatic heterocycles. The minimum absolute atomic E-state index is 0.0854. The first-order valence-corrected chi connectivity index (χ1v) is 10.0. The highest BCUT2D eigenvalue weighted by Gasteiger charge is 2.14. The Bertz CT molecular complexity index is 1050. The molecule has 1 heterocycles. The molecule has 0 aliphatic rings. The molecule has 0 N–H and O–H groups in total. The average molecular weight is 461 g/mol. The summed E-state index contributed by atoms with van der Waals surface area (Å²) in [5.41, 5.74) is 0.938. The summed E-state index contributed by atoms with van der Waals surface area (Å²) in [5.74, 6) is 0.982. The Labute approximate surface area is 174 Å². The minimum atomic E-state index is -0.269. The quantitative estimate of drug-likeness (QED) is 0.392. The van der Waals surface area contributed by atoms with E-state index in [0.29, 0.717) is 17.1 Å². The van der Waals surface area contributed by atoms with Crippen molar-refractivity contribution in [3.8, 4) is 17.2 Å². The normalized spacial score (nSPS) is 10.5. The molecule has 0 unspecified atom stereocenters. The van der Waals surface area contributed by atoms with E-state index in [2.05, 4.69) is 20.9 Å². The maximum absolute atomic E-state index is 12.7. The summed E-state index contributed by atoms with van der Waals surface area (Å²) in [6, 6.07) is 12.3. The molecule has 2 aromatic carbocycles. The van der Waals surface area contributed by atoms with E-state index in [0.717, 1.165) is 21.9 Å². The Hall–Kier alpha value is -2.58. The number of benzene rings is 2. The lowest BCUT2D eigenvalue weighted by Gasteiger charge is -2.09. The van der Waals surface area contributed by atoms with Crippen molar-refractivity contribution in [2.75, 3.05) is 20.0 Å². The number of ketones is 1. The molecule has 8 heteroatoms. The molecule has 0 atom stereocenters. The van der Waals surface area contributed by atoms with Gasteiger partial charge in [0.15, 0.2) is 22.3 Å². The lowest BCUT2D eigenvalue weighted by Crippen LogP contribution is -2.21. The smallest absolute Gasteiger partial charge is 0.287 e. The van der Waals surface area contributed by atoms with E-state index in [1.165, 1.54) is 18.8 Å². The summed E-state index contributed by atoms with van der Waals surface area (Å²) >= 11 is 4.49. The van der Waals surface area contributed by atoms with Crippen LogP contribution < -0.4 is 15.0 Å². The van der Waals surface area contributed by atoms with Crippen molar-refractivity contribution in [3.63, 3.8) is 0 Å². The molecule has 3 rings (SSSR count). The van der Waals surface area contributed by atoms with Gasteiger partial charge >= 0.3 is 0 Å². The molecule has 0 saturated heterocycles. The number of carbonyl (C=O) groups is 1. The lowest BCUT2D eigenvalue weighted by molar-refractivity contribution is 0.102. The van der Waals surface area contributed by atoms with Gasteiger partial charge in [0, 0.05) is 28.1 Å². The molecule has 1 aromatic heterocycles. The minimum Gasteiger partial charge on any atom is -0.493 e. The Morgan fingerprint density at radius 3 is 2.50 bits per heavy atom. The highest BCUT2D eigenvalue weighted by molar-refractivity contribution is 9.10. The Balaban J connectivity index is 1.78. The van der Waals surface area contributed by atoms with Gasteiger partial charge in [-0.25, -0.2) is 4.98 Å². The van der Waals surface area contributed by atoms with Crippen LogP contribution in [0.2, 0.25) is 0 Å². The zero-order chi connectivity index (χ0) is 20.1. The molecule has 28 heavy (non-hydrogen) atoms. The van der Waals surface area contributed by atoms with Gasteiger partial charge in [0.25, 0.3) is 5.56 Å². The molecule has 0 saturated carbocycles. The number of halogens is 1. The first kappa shape index (κ1) is 20.2. The number of hydrogen-bond acceptors (Lipinski definition) is 6. The Morgan fingerprint density at radius 2 is 1.82 bits per heavy atom. The van der Waals surface area contributed by atoms with Crippen LogP contribution in [0.15, 0.2) is 69.2 Å². The monoisotopic (exact) mass is 460 g/mol. The van der Waals surface area contributed by atoms with E-state index in [-0.39, 0.29) is 22.1 Å². The maximum atomic E-state index is 12.7. The van der Waals surface area contributed by atoms with E-state index in [4.69, 9.17) is 9.47 Å². The summed E-state index contributed by atoms with van der Waals surface area (Å²) in [5, 5.41) is 0.263. The van der Waals surface area contributed by atoms with Crippen LogP contribution in [0.3, 0.4) is 0 Å². The van der Waals surface area contributed by atoms with E-state index in [1.54, 1.807) is 30.6 Å². The maximum Gasteiger partial charge on any atom is 0.287 e. The number of rotatable bonds is 7. The molecule has 0 radical (unpaired) electrons. The number of hydrogen-bond donors (Lipinski definition) is 0. The second-order valence-corrected chi connectivity index (χ2v) is 7.55. The van der Waals surface area contributed by atoms with Crippen LogP contribution in [0, 0.1) is 0 Å². The van der Waals surface area contributed by atoms with Gasteiger partial charge < -0.3 is 9.47 Å². The summed E-state index contributed by atoms with van der Waals surface area (Å²) in [4.78, 5) is 29.4. The number of ether oxygens (including phenoxy) is 2. The van der Waals surface area contributed by atoms with E-state index < -0.39 is 0 Å². The number of aromatic nitrogens is 2. The third-order valence-electron chi connectivity index (χ3n) is 3.96. The fourth-order valence-corrected chi connectivity index (χ4v) is 3.58. The highest BCUT2D eigenvalue weighted by atomic mass is 79.9. The fraction of sp³-hybridized carbons (Fsp3) is 0.150. The lowest BCUT2D eigenvalue weighted by atomic mass is 10.1. The SMILES string of the molecule is COc1ccc(C(=O)CSc2nccn(-c3ccc(Br)cc3)c2=O)cc1OC. The standard InChI is InChI=1S/C20H17BrN2O4S/c1-26-17-8-3-13(11-18(17)27-2)16(24)12-28-19-20(25)23(10-9-22-19)15-6-4-14(21)5-7-15/h3-11H,12H2,1-2H3. The number of methoxy groups -OCH3 is 2. The molecular formula is C20H17BrN2O4S. The van der Waals surface area contributed by atoms with Crippen molar-refractivity contribution < 1.29 is 14.3 Å². The van der Waals surface area contributed by atoms with Gasteiger partial charge in [0.1, 0.15) is 0 Å². The van der Waals surface area contributed by atoms with Crippen LogP contribution in [0.5, 0.6) is 11.5 Å². The summed E-state index contributed by atoms with van der Waals surface area (Å²) in [7, 11) is 3.05. The van der Waals surface area contributed by atoms with Crippen molar-refractivity contribution >= 4 is 33.5 Å². The van der Waals surface area contributed by atoms with Crippen LogP contribution in [0.4, 0.5) is 0 Å². The van der Waals surface area contributed by atoms with Crippen LogP contribution in [0.25, 0.3) is 5.69 Å². The molecule has 6 nitrogen and oxygen atoms in total. The van der Waals surface area contributed by atoms with Gasteiger partial charge in [-0.15, -0.1) is 0 Å². The molecule has 3 aromatic rings. The zero-order valence-corrected chi connectivity index (χ0v) is 17.6. The number of nitrogens with zero attached hydrogens (tertiary/aromatic N) is 2. The Kier molecular flexibility index (Phi) is 6.53. The van der Waals surface area contributed by atoms with Crippen molar-refractivity contribution in [2.24, 2.45) is 0 Å². The molecule has 0 aliphatic carbocycles. The van der Waals surface area contributed by atoms with Gasteiger partial charge in [0.05, 0.1) is 20.0 Å². The Morgan fingerprint density at radius 1 is 1.11 bits per heavy atom. The second kappa shape index (κ2) is 9.07. The molecule has 0 amide bonds. The van der Waals surface area contributed by atoms with Crippen LogP contribution in [-0.2, 0) is 0 Å². The number of Topliss-reactive ketones (excluding diaryl/α,β-unsaturated/α-hetero) is 1. The molecule has 0 bridgehead atoms. The largest absolute Gasteiger partial charge is 0.493 e. The van der Waals surface area contributed by atoms with E-state index in [9.17, 15) is 9.59 Å². The number of carbonyl (C=O) groups excluding carboxylic acids is 1. The first-order chi connectivity index (χ1) is 13.5. The van der Waals surface area contributed by atoms with Crippen molar-refractivity contribution in [1.29, 1.82) is 0 Å². The summed E-state index contributed by atoms with van der Waals surface area (Å²) in [6.45, 7) is 0. The van der Waals surface area contributed by atoms with Crippen molar-refractivity contribution in [1.82, 2.24) is 9.55 Å². The number of thioether (sulfide) groups is 1. The third-order valence-corrected chi connectivity index (χ3v) is 5.45. The predicted molar refractivity (Wildman–Crippen MR) is 112 cm³/mol. The molecule has 144 valence electrons. The predicted octanol–water partition coefficient (Wildman–Crippen LogP) is 3.99. The van der Waals surface area contributed by atoms with Crippen LogP contribution in [0.1, 0.15) is 10.4 Å². The molecule has 0 spiro atoms. The average Bonchev–Trinajstić information content (AvgIpc) is 2.73. The third kappa shape index (κ3) is 4.45. The fourth-order valence-electron chi connectivity index (χ4n) is 2.52. The van der Waals surface area contributed by atoms with Gasteiger partial charge in [0.2, 0.25) is 0 Å². The van der Waals surface area contributed by atoms with Gasteiger partial charge in [-0.05, 0) is 42.5 Å². The highest BCUT2D eigenvalue weighted by Crippen LogP contribution is 2.28. The summed E-state index contributed by atoms with van der Waals surface area (Å²) < 4.78 is 12.8. The van der Waals surface area contributed by atoms with Gasteiger partial charge in [-0.2, -0.15) is 0 Å². The van der Waals surface area contributed by atoms with E-state index >= 15 is 0 Å². The van der Waals surface area contributed by atoms with Crippen molar-refractivity contribution in [3.05, 3.63) is 75.2 Å². The molecular weight excluding hydrogens is 444 g/mol.